The van der Waals surface area contributed by atoms with Crippen LogP contribution in [0.1, 0.15) is 90.6 Å². The highest BCUT2D eigenvalue weighted by Crippen LogP contribution is 2.27. The molecule has 2 aromatic carbocycles. The number of nitrogens with one attached hydrogen (secondary N) is 3. The maximum absolute atomic E-state index is 12.5. The van der Waals surface area contributed by atoms with E-state index in [2.05, 4.69) is 35.9 Å². The summed E-state index contributed by atoms with van der Waals surface area (Å²) >= 11 is 17.9. The van der Waals surface area contributed by atoms with E-state index in [1.807, 2.05) is 48.5 Å². The molecule has 2 aliphatic rings. The Hall–Kier alpha value is -5.27. The highest BCUT2D eigenvalue weighted by atomic mass is 35.5. The summed E-state index contributed by atoms with van der Waals surface area (Å²) < 4.78 is 0. The zero-order chi connectivity index (χ0) is 40.3. The number of anilines is 3. The van der Waals surface area contributed by atoms with E-state index in [9.17, 15) is 9.59 Å². The third-order valence-corrected chi connectivity index (χ3v) is 10.9. The zero-order valence-corrected chi connectivity index (χ0v) is 33.5. The molecule has 0 atom stereocenters. The third kappa shape index (κ3) is 11.9. The van der Waals surface area contributed by atoms with Gasteiger partial charge in [-0.3, -0.25) is 9.59 Å². The minimum atomic E-state index is -0.273. The summed E-state index contributed by atoms with van der Waals surface area (Å²) in [6.07, 6.45) is 16.3. The summed E-state index contributed by atoms with van der Waals surface area (Å²) in [5.74, 6) is 1.15. The van der Waals surface area contributed by atoms with E-state index in [4.69, 9.17) is 52.0 Å². The molecule has 9 N–H and O–H groups in total. The van der Waals surface area contributed by atoms with Crippen molar-refractivity contribution in [1.82, 2.24) is 30.6 Å². The van der Waals surface area contributed by atoms with Crippen LogP contribution in [0.3, 0.4) is 0 Å². The minimum Gasteiger partial charge on any atom is -0.383 e. The molecular weight excluding hydrogens is 795 g/mol. The Kier molecular flexibility index (Phi) is 15.8. The van der Waals surface area contributed by atoms with Crippen LogP contribution in [0.2, 0.25) is 15.2 Å². The average Bonchev–Trinajstić information content (AvgIpc) is 3.92. The predicted octanol–water partition coefficient (Wildman–Crippen LogP) is 9.12. The van der Waals surface area contributed by atoms with E-state index in [1.54, 1.807) is 24.7 Å². The molecule has 2 aliphatic carbocycles. The van der Waals surface area contributed by atoms with Crippen LogP contribution in [0.15, 0.2) is 85.5 Å². The monoisotopic (exact) mass is 842 g/mol. The van der Waals surface area contributed by atoms with Gasteiger partial charge < -0.3 is 33.2 Å². The SMILES string of the molecule is C.NC1CCCC1.Nc1nccc2cc(CNC(=O)c3cnc(Cl)c(Cl)c3)ccc12.Nc1nccc2cc(CNC(=O)c3cnc(NC4CCCC4)c(Cl)c3)ccc12. The standard InChI is InChI=1S/C21H22ClN5O.C16H12Cl2N4O.C5H11N.CH4/c22-18-10-15(12-25-20(18)27-16-3-1-2-4-16)21(28)26-11-13-5-6-17-14(9-13)7-8-24-19(17)23;17-13-6-11(8-21-14(13)18)16(23)22-7-9-1-2-12-10(5-9)3-4-20-15(12)19;6-5-3-1-2-4-5;/h5-10,12,16H,1-4,11H2,(H2,23,24)(H,25,27)(H,26,28);1-6,8H,7H2,(H2,19,20)(H,22,23);5H,1-4,6H2;1H4. The molecular formula is C43H49Cl3N10O2. The number of aromatic nitrogens is 4. The number of carbonyl (C=O) groups excluding carboxylic acids is 2. The van der Waals surface area contributed by atoms with Gasteiger partial charge in [0.25, 0.3) is 11.8 Å². The normalized spacial score (nSPS) is 13.8. The molecule has 6 aromatic rings. The van der Waals surface area contributed by atoms with Crippen LogP contribution in [0.4, 0.5) is 17.5 Å². The molecule has 2 amide bonds. The fourth-order valence-electron chi connectivity index (χ4n) is 6.72. The Balaban J connectivity index is 0.000000193. The molecule has 4 aromatic heterocycles. The number of rotatable bonds is 8. The van der Waals surface area contributed by atoms with Gasteiger partial charge in [0.2, 0.25) is 0 Å². The molecule has 15 heteroatoms. The van der Waals surface area contributed by atoms with E-state index < -0.39 is 0 Å². The van der Waals surface area contributed by atoms with Crippen molar-refractivity contribution < 1.29 is 9.59 Å². The van der Waals surface area contributed by atoms with Gasteiger partial charge in [-0.25, -0.2) is 19.9 Å². The summed E-state index contributed by atoms with van der Waals surface area (Å²) in [7, 11) is 0. The number of fused-ring (bicyclic) bond motifs is 2. The number of halogens is 3. The van der Waals surface area contributed by atoms with Gasteiger partial charge in [0, 0.05) is 60.7 Å². The van der Waals surface area contributed by atoms with Crippen LogP contribution < -0.4 is 33.2 Å². The van der Waals surface area contributed by atoms with Crippen molar-refractivity contribution in [3.05, 3.63) is 123 Å². The molecule has 0 saturated heterocycles. The lowest BCUT2D eigenvalue weighted by atomic mass is 10.1. The van der Waals surface area contributed by atoms with E-state index in [0.717, 1.165) is 45.5 Å². The number of carbonyl (C=O) groups is 2. The summed E-state index contributed by atoms with van der Waals surface area (Å²) in [6.45, 7) is 0.772. The number of nitrogens with zero attached hydrogens (tertiary/aromatic N) is 4. The van der Waals surface area contributed by atoms with Crippen molar-refractivity contribution in [2.45, 2.75) is 84.0 Å². The van der Waals surface area contributed by atoms with Gasteiger partial charge in [-0.1, -0.05) is 92.2 Å². The van der Waals surface area contributed by atoms with E-state index in [-0.39, 0.29) is 29.4 Å². The number of pyridine rings is 4. The van der Waals surface area contributed by atoms with Gasteiger partial charge in [-0.15, -0.1) is 0 Å². The molecule has 2 fully saturated rings. The second kappa shape index (κ2) is 20.9. The minimum absolute atomic E-state index is 0. The molecule has 2 saturated carbocycles. The second-order valence-corrected chi connectivity index (χ2v) is 15.3. The molecule has 0 spiro atoms. The van der Waals surface area contributed by atoms with Crippen molar-refractivity contribution in [2.24, 2.45) is 5.73 Å². The summed E-state index contributed by atoms with van der Waals surface area (Å²) in [4.78, 5) is 40.9. The van der Waals surface area contributed by atoms with Crippen molar-refractivity contribution in [1.29, 1.82) is 0 Å². The zero-order valence-electron chi connectivity index (χ0n) is 31.3. The lowest BCUT2D eigenvalue weighted by Crippen LogP contribution is -2.23. The van der Waals surface area contributed by atoms with Crippen LogP contribution in [-0.4, -0.2) is 43.8 Å². The van der Waals surface area contributed by atoms with Crippen LogP contribution >= 0.6 is 34.8 Å². The molecule has 4 heterocycles. The Morgan fingerprint density at radius 1 is 0.638 bits per heavy atom. The van der Waals surface area contributed by atoms with E-state index in [0.29, 0.717) is 58.8 Å². The first-order chi connectivity index (χ1) is 27.5. The largest absolute Gasteiger partial charge is 0.383 e. The molecule has 304 valence electrons. The lowest BCUT2D eigenvalue weighted by molar-refractivity contribution is 0.0942. The number of nitrogens with two attached hydrogens (primary N) is 3. The number of amides is 2. The Labute approximate surface area is 353 Å². The van der Waals surface area contributed by atoms with Crippen molar-refractivity contribution in [2.75, 3.05) is 16.8 Å². The van der Waals surface area contributed by atoms with E-state index >= 15 is 0 Å². The van der Waals surface area contributed by atoms with Crippen LogP contribution in [0.25, 0.3) is 21.5 Å². The van der Waals surface area contributed by atoms with Gasteiger partial charge in [-0.2, -0.15) is 0 Å². The Bertz CT molecular complexity index is 2350. The average molecular weight is 844 g/mol. The van der Waals surface area contributed by atoms with Crippen LogP contribution in [0.5, 0.6) is 0 Å². The molecule has 0 unspecified atom stereocenters. The molecule has 0 radical (unpaired) electrons. The Morgan fingerprint density at radius 3 is 1.59 bits per heavy atom. The quantitative estimate of drug-likeness (QED) is 0.0803. The number of hydrogen-bond donors (Lipinski definition) is 6. The molecule has 12 nitrogen and oxygen atoms in total. The molecule has 8 rings (SSSR count). The van der Waals surface area contributed by atoms with E-state index in [1.165, 1.54) is 50.8 Å². The first kappa shape index (κ1) is 43.8. The van der Waals surface area contributed by atoms with Crippen LogP contribution in [-0.2, 0) is 13.1 Å². The fourth-order valence-corrected chi connectivity index (χ4v) is 7.22. The number of hydrogen-bond acceptors (Lipinski definition) is 10. The number of benzene rings is 2. The molecule has 58 heavy (non-hydrogen) atoms. The summed E-state index contributed by atoms with van der Waals surface area (Å²) in [5, 5.41) is 13.7. The highest BCUT2D eigenvalue weighted by molar-refractivity contribution is 6.41. The van der Waals surface area contributed by atoms with Crippen LogP contribution in [0, 0.1) is 0 Å². The van der Waals surface area contributed by atoms with Gasteiger partial charge in [0.1, 0.15) is 22.6 Å². The fraction of sp³-hybridized carbons (Fsp3) is 0.302. The van der Waals surface area contributed by atoms with Gasteiger partial charge in [0.15, 0.2) is 0 Å². The molecule has 0 aliphatic heterocycles. The van der Waals surface area contributed by atoms with Crippen molar-refractivity contribution in [3.63, 3.8) is 0 Å². The maximum Gasteiger partial charge on any atom is 0.253 e. The van der Waals surface area contributed by atoms with Gasteiger partial charge in [-0.05, 0) is 84.0 Å². The maximum atomic E-state index is 12.5. The first-order valence-corrected chi connectivity index (χ1v) is 20.0. The topological polar surface area (TPSA) is 200 Å². The van der Waals surface area contributed by atoms with Crippen molar-refractivity contribution in [3.8, 4) is 0 Å². The summed E-state index contributed by atoms with van der Waals surface area (Å²) in [6, 6.07) is 19.5. The second-order valence-electron chi connectivity index (χ2n) is 14.1. The van der Waals surface area contributed by atoms with Gasteiger partial charge in [0.05, 0.1) is 21.2 Å². The third-order valence-electron chi connectivity index (χ3n) is 9.88. The highest BCUT2D eigenvalue weighted by Gasteiger charge is 2.18. The predicted molar refractivity (Wildman–Crippen MR) is 237 cm³/mol. The molecule has 0 bridgehead atoms. The Morgan fingerprint density at radius 2 is 1.12 bits per heavy atom. The van der Waals surface area contributed by atoms with Crippen molar-refractivity contribution >= 4 is 85.6 Å². The summed E-state index contributed by atoms with van der Waals surface area (Å²) in [5.41, 5.74) is 20.0. The lowest BCUT2D eigenvalue weighted by Gasteiger charge is -2.14. The first-order valence-electron chi connectivity index (χ1n) is 18.9. The number of nitrogen functional groups attached to an aromatic ring is 2. The van der Waals surface area contributed by atoms with Gasteiger partial charge >= 0.3 is 0 Å². The smallest absolute Gasteiger partial charge is 0.253 e.